The molecule has 188 valence electrons. The summed E-state index contributed by atoms with van der Waals surface area (Å²) in [4.78, 5) is 29.9. The van der Waals surface area contributed by atoms with Gasteiger partial charge in [0.2, 0.25) is 0 Å². The number of methoxy groups -OCH3 is 1. The van der Waals surface area contributed by atoms with Crippen LogP contribution in [0.15, 0.2) is 48.5 Å². The molecule has 0 spiro atoms. The Bertz CT molecular complexity index is 1230. The van der Waals surface area contributed by atoms with E-state index in [4.69, 9.17) is 14.5 Å². The summed E-state index contributed by atoms with van der Waals surface area (Å²) >= 11 is 0. The number of carbonyl (C=O) groups excluding carboxylic acids is 2. The fourth-order valence-corrected chi connectivity index (χ4v) is 4.71. The number of nitrogens with zero attached hydrogens (tertiary/aromatic N) is 2. The second kappa shape index (κ2) is 10.5. The van der Waals surface area contributed by atoms with Crippen molar-refractivity contribution < 1.29 is 23.5 Å². The lowest BCUT2D eigenvalue weighted by Crippen LogP contribution is -2.26. The molecule has 1 unspecified atom stereocenters. The average Bonchev–Trinajstić information content (AvgIpc) is 3.67. The van der Waals surface area contributed by atoms with E-state index in [1.807, 2.05) is 24.3 Å². The summed E-state index contributed by atoms with van der Waals surface area (Å²) in [6.07, 6.45) is 4.61. The van der Waals surface area contributed by atoms with Gasteiger partial charge in [-0.3, -0.25) is 9.59 Å². The Kier molecular flexibility index (Phi) is 7.02. The molecular formula is C28H30FN3O4. The first-order chi connectivity index (χ1) is 17.5. The number of amides is 1. The van der Waals surface area contributed by atoms with E-state index in [1.54, 1.807) is 19.2 Å². The Hall–Kier alpha value is -3.68. The van der Waals surface area contributed by atoms with E-state index in [9.17, 15) is 14.0 Å². The van der Waals surface area contributed by atoms with E-state index >= 15 is 0 Å². The molecule has 1 amide bonds. The second-order valence-corrected chi connectivity index (χ2v) is 9.43. The van der Waals surface area contributed by atoms with E-state index in [-0.39, 0.29) is 29.7 Å². The lowest BCUT2D eigenvalue weighted by Gasteiger charge is -2.23. The maximum Gasteiger partial charge on any atom is 0.306 e. The number of hydrogen-bond acceptors (Lipinski definition) is 5. The smallest absolute Gasteiger partial charge is 0.306 e. The molecule has 2 heterocycles. The van der Waals surface area contributed by atoms with Crippen LogP contribution in [-0.4, -0.2) is 34.6 Å². The highest BCUT2D eigenvalue weighted by molar-refractivity contribution is 5.94. The van der Waals surface area contributed by atoms with Crippen molar-refractivity contribution in [2.75, 3.05) is 7.11 Å². The fraction of sp³-hybridized carbons (Fsp3) is 0.393. The molecule has 2 aromatic carbocycles. The van der Waals surface area contributed by atoms with E-state index in [2.05, 4.69) is 9.88 Å². The van der Waals surface area contributed by atoms with Crippen LogP contribution in [-0.2, 0) is 22.6 Å². The lowest BCUT2D eigenvalue weighted by atomic mass is 10.1. The molecule has 1 saturated heterocycles. The van der Waals surface area contributed by atoms with Crippen LogP contribution in [0.2, 0.25) is 0 Å². The molecule has 1 aliphatic heterocycles. The minimum atomic E-state index is -0.328. The number of benzene rings is 2. The minimum absolute atomic E-state index is 0.144. The zero-order valence-electron chi connectivity index (χ0n) is 20.3. The Labute approximate surface area is 209 Å². The molecule has 0 radical (unpaired) electrons. The first kappa shape index (κ1) is 24.0. The van der Waals surface area contributed by atoms with Crippen molar-refractivity contribution in [2.24, 2.45) is 0 Å². The molecule has 7 nitrogen and oxygen atoms in total. The summed E-state index contributed by atoms with van der Waals surface area (Å²) in [7, 11) is 1.61. The summed E-state index contributed by atoms with van der Waals surface area (Å²) in [6.45, 7) is 0.930. The van der Waals surface area contributed by atoms with Gasteiger partial charge in [0.15, 0.2) is 0 Å². The van der Waals surface area contributed by atoms with Crippen molar-refractivity contribution in [1.29, 1.82) is 0 Å². The van der Waals surface area contributed by atoms with Crippen molar-refractivity contribution in [2.45, 2.75) is 63.6 Å². The number of carbonyl (C=O) groups is 2. The number of rotatable bonds is 9. The van der Waals surface area contributed by atoms with Crippen LogP contribution in [0.25, 0.3) is 11.4 Å². The molecule has 1 aromatic heterocycles. The van der Waals surface area contributed by atoms with E-state index in [1.165, 1.54) is 12.1 Å². The first-order valence-electron chi connectivity index (χ1n) is 12.5. The number of hydrogen-bond donors (Lipinski definition) is 1. The fourth-order valence-electron chi connectivity index (χ4n) is 4.71. The highest BCUT2D eigenvalue weighted by Crippen LogP contribution is 2.43. The molecule has 36 heavy (non-hydrogen) atoms. The SMILES string of the molecule is COc1ccc(CNC(=O)c2nc(-c3ccc(F)cc3)n(CCC3CCCC(=O)O3)c2C2CC2)cc1. The third-order valence-corrected chi connectivity index (χ3v) is 6.78. The number of ether oxygens (including phenoxy) is 2. The van der Waals surface area contributed by atoms with Gasteiger partial charge in [-0.05, 0) is 67.6 Å². The molecule has 5 rings (SSSR count). The summed E-state index contributed by atoms with van der Waals surface area (Å²) in [5, 5.41) is 3.00. The molecule has 1 saturated carbocycles. The summed E-state index contributed by atoms with van der Waals surface area (Å²) in [6, 6.07) is 13.7. The maximum absolute atomic E-state index is 13.6. The third-order valence-electron chi connectivity index (χ3n) is 6.78. The van der Waals surface area contributed by atoms with E-state index in [0.717, 1.165) is 48.3 Å². The molecule has 0 bridgehead atoms. The largest absolute Gasteiger partial charge is 0.497 e. The van der Waals surface area contributed by atoms with Crippen LogP contribution in [0.5, 0.6) is 5.75 Å². The number of halogens is 1. The van der Waals surface area contributed by atoms with Gasteiger partial charge in [-0.1, -0.05) is 12.1 Å². The number of nitrogens with one attached hydrogen (secondary N) is 1. The highest BCUT2D eigenvalue weighted by atomic mass is 19.1. The highest BCUT2D eigenvalue weighted by Gasteiger charge is 2.35. The Morgan fingerprint density at radius 3 is 2.56 bits per heavy atom. The normalized spacial score (nSPS) is 17.5. The Balaban J connectivity index is 1.43. The molecule has 1 aliphatic carbocycles. The van der Waals surface area contributed by atoms with Crippen LogP contribution < -0.4 is 10.1 Å². The summed E-state index contributed by atoms with van der Waals surface area (Å²) < 4.78 is 26.5. The zero-order chi connectivity index (χ0) is 25.1. The summed E-state index contributed by atoms with van der Waals surface area (Å²) in [5.41, 5.74) is 3.01. The molecule has 2 fully saturated rings. The van der Waals surface area contributed by atoms with Crippen LogP contribution in [0.4, 0.5) is 4.39 Å². The predicted molar refractivity (Wildman–Crippen MR) is 132 cm³/mol. The molecule has 2 aliphatic rings. The van der Waals surface area contributed by atoms with Crippen molar-refractivity contribution >= 4 is 11.9 Å². The number of cyclic esters (lactones) is 1. The molecule has 8 heteroatoms. The third kappa shape index (κ3) is 5.42. The minimum Gasteiger partial charge on any atom is -0.497 e. The van der Waals surface area contributed by atoms with Crippen molar-refractivity contribution in [1.82, 2.24) is 14.9 Å². The van der Waals surface area contributed by atoms with Gasteiger partial charge in [0.1, 0.15) is 29.2 Å². The quantitative estimate of drug-likeness (QED) is 0.427. The van der Waals surface area contributed by atoms with Gasteiger partial charge in [-0.2, -0.15) is 0 Å². The number of aromatic nitrogens is 2. The lowest BCUT2D eigenvalue weighted by molar-refractivity contribution is -0.154. The van der Waals surface area contributed by atoms with Crippen molar-refractivity contribution in [3.63, 3.8) is 0 Å². The second-order valence-electron chi connectivity index (χ2n) is 9.43. The maximum atomic E-state index is 13.6. The topological polar surface area (TPSA) is 82.5 Å². The van der Waals surface area contributed by atoms with Gasteiger partial charge >= 0.3 is 5.97 Å². The monoisotopic (exact) mass is 491 g/mol. The van der Waals surface area contributed by atoms with Gasteiger partial charge in [0, 0.05) is 37.4 Å². The number of imidazole rings is 1. The molecular weight excluding hydrogens is 461 g/mol. The van der Waals surface area contributed by atoms with E-state index < -0.39 is 0 Å². The summed E-state index contributed by atoms with van der Waals surface area (Å²) in [5.74, 6) is 0.921. The van der Waals surface area contributed by atoms with Crippen molar-refractivity contribution in [3.05, 3.63) is 71.3 Å². The predicted octanol–water partition coefficient (Wildman–Crippen LogP) is 4.99. The van der Waals surface area contributed by atoms with Crippen LogP contribution in [0.1, 0.15) is 66.2 Å². The van der Waals surface area contributed by atoms with Crippen LogP contribution in [0, 0.1) is 5.82 Å². The zero-order valence-corrected chi connectivity index (χ0v) is 20.3. The molecule has 1 N–H and O–H groups in total. The van der Waals surface area contributed by atoms with Gasteiger partial charge in [0.25, 0.3) is 5.91 Å². The first-order valence-corrected chi connectivity index (χ1v) is 12.5. The number of esters is 1. The average molecular weight is 492 g/mol. The van der Waals surface area contributed by atoms with Gasteiger partial charge in [-0.25, -0.2) is 9.37 Å². The molecule has 1 atom stereocenters. The molecule has 3 aromatic rings. The standard InChI is InChI=1S/C28H30FN3O4/c1-35-22-13-5-18(6-14-22)17-30-28(34)25-26(19-7-8-19)32(16-15-23-3-2-4-24(33)36-23)27(31-25)20-9-11-21(29)12-10-20/h5-6,9-14,19,23H,2-4,7-8,15-17H2,1H3,(H,30,34). The van der Waals surface area contributed by atoms with Gasteiger partial charge in [-0.15, -0.1) is 0 Å². The van der Waals surface area contributed by atoms with Crippen LogP contribution in [0.3, 0.4) is 0 Å². The van der Waals surface area contributed by atoms with Gasteiger partial charge in [0.05, 0.1) is 12.8 Å². The van der Waals surface area contributed by atoms with Crippen LogP contribution >= 0.6 is 0 Å². The van der Waals surface area contributed by atoms with E-state index in [0.29, 0.717) is 37.4 Å². The Morgan fingerprint density at radius 2 is 1.89 bits per heavy atom. The Morgan fingerprint density at radius 1 is 1.14 bits per heavy atom. The van der Waals surface area contributed by atoms with Gasteiger partial charge < -0.3 is 19.4 Å². The van der Waals surface area contributed by atoms with Crippen molar-refractivity contribution in [3.8, 4) is 17.1 Å².